The van der Waals surface area contributed by atoms with Crippen LogP contribution in [0.1, 0.15) is 5.56 Å². The maximum Gasteiger partial charge on any atom is 0.282 e. The van der Waals surface area contributed by atoms with Gasteiger partial charge in [-0.3, -0.25) is 15.0 Å². The molecule has 5 heteroatoms. The minimum atomic E-state index is -0.506. The molecule has 0 bridgehead atoms. The number of benzene rings is 2. The van der Waals surface area contributed by atoms with Gasteiger partial charge in [-0.2, -0.15) is 0 Å². The molecule has 1 saturated heterocycles. The Morgan fingerprint density at radius 3 is 2.48 bits per heavy atom. The molecule has 0 spiro atoms. The molecule has 2 aromatic carbocycles. The van der Waals surface area contributed by atoms with Crippen LogP contribution in [0.2, 0.25) is 0 Å². The van der Waals surface area contributed by atoms with E-state index in [0.717, 1.165) is 10.6 Å². The van der Waals surface area contributed by atoms with E-state index in [9.17, 15) is 14.0 Å². The largest absolute Gasteiger partial charge is 0.282 e. The number of anilines is 1. The first-order valence-corrected chi connectivity index (χ1v) is 6.33. The number of hydrogen-bond acceptors (Lipinski definition) is 2. The Kier molecular flexibility index (Phi) is 3.23. The molecule has 0 radical (unpaired) electrons. The highest BCUT2D eigenvalue weighted by molar-refractivity contribution is 6.31. The summed E-state index contributed by atoms with van der Waals surface area (Å²) in [6.07, 6.45) is 1.51. The van der Waals surface area contributed by atoms with Crippen molar-refractivity contribution >= 4 is 23.6 Å². The van der Waals surface area contributed by atoms with Crippen molar-refractivity contribution in [3.05, 3.63) is 71.6 Å². The molecular formula is C16H11FN2O2. The van der Waals surface area contributed by atoms with Gasteiger partial charge in [0.1, 0.15) is 11.4 Å². The van der Waals surface area contributed by atoms with Crippen molar-refractivity contribution in [1.82, 2.24) is 5.43 Å². The van der Waals surface area contributed by atoms with Gasteiger partial charge in [-0.05, 0) is 29.8 Å². The lowest BCUT2D eigenvalue weighted by molar-refractivity contribution is -0.117. The summed E-state index contributed by atoms with van der Waals surface area (Å²) < 4.78 is 13.2. The first-order chi connectivity index (χ1) is 10.1. The fourth-order valence-electron chi connectivity index (χ4n) is 2.07. The van der Waals surface area contributed by atoms with Crippen LogP contribution in [0, 0.1) is 5.82 Å². The predicted molar refractivity (Wildman–Crippen MR) is 76.4 cm³/mol. The van der Waals surface area contributed by atoms with E-state index in [-0.39, 0.29) is 11.3 Å². The summed E-state index contributed by atoms with van der Waals surface area (Å²) in [7, 11) is 0. The Labute approximate surface area is 120 Å². The smallest absolute Gasteiger partial charge is 0.267 e. The maximum atomic E-state index is 13.2. The highest BCUT2D eigenvalue weighted by atomic mass is 19.1. The van der Waals surface area contributed by atoms with Gasteiger partial charge in [-0.15, -0.1) is 0 Å². The average Bonchev–Trinajstić information content (AvgIpc) is 2.76. The molecule has 0 aliphatic carbocycles. The van der Waals surface area contributed by atoms with Gasteiger partial charge in [0.25, 0.3) is 11.8 Å². The third kappa shape index (κ3) is 2.53. The number of nitrogens with zero attached hydrogens (tertiary/aromatic N) is 1. The third-order valence-corrected chi connectivity index (χ3v) is 3.07. The van der Waals surface area contributed by atoms with Crippen LogP contribution >= 0.6 is 0 Å². The molecule has 1 fully saturated rings. The van der Waals surface area contributed by atoms with Crippen LogP contribution in [0.5, 0.6) is 0 Å². The van der Waals surface area contributed by atoms with E-state index in [1.54, 1.807) is 18.2 Å². The molecule has 0 saturated carbocycles. The Morgan fingerprint density at radius 1 is 1.00 bits per heavy atom. The van der Waals surface area contributed by atoms with Crippen LogP contribution in [0.3, 0.4) is 0 Å². The number of carbonyl (C=O) groups excluding carboxylic acids is 2. The number of hydrazine groups is 1. The van der Waals surface area contributed by atoms with Crippen molar-refractivity contribution in [2.75, 3.05) is 5.01 Å². The molecule has 0 aromatic heterocycles. The summed E-state index contributed by atoms with van der Waals surface area (Å²) in [6, 6.07) is 14.5. The van der Waals surface area contributed by atoms with Crippen molar-refractivity contribution < 1.29 is 14.0 Å². The Morgan fingerprint density at radius 2 is 1.76 bits per heavy atom. The zero-order valence-electron chi connectivity index (χ0n) is 10.9. The van der Waals surface area contributed by atoms with E-state index in [4.69, 9.17) is 0 Å². The second-order valence-electron chi connectivity index (χ2n) is 4.53. The van der Waals surface area contributed by atoms with E-state index in [1.807, 2.05) is 18.2 Å². The molecule has 2 aromatic rings. The molecule has 1 aliphatic heterocycles. The predicted octanol–water partition coefficient (Wildman–Crippen LogP) is 2.29. The minimum Gasteiger partial charge on any atom is -0.267 e. The van der Waals surface area contributed by atoms with Crippen molar-refractivity contribution in [3.63, 3.8) is 0 Å². The number of rotatable bonds is 2. The molecule has 1 aliphatic rings. The first-order valence-electron chi connectivity index (χ1n) is 6.33. The fraction of sp³-hybridized carbons (Fsp3) is 0. The second-order valence-corrected chi connectivity index (χ2v) is 4.53. The standard InChI is InChI=1S/C16H11FN2O2/c17-12-7-4-8-13(10-12)19-16(21)14(15(20)18-19)9-11-5-2-1-3-6-11/h1-10H,(H,18,20)/b14-9-. The zero-order chi connectivity index (χ0) is 14.8. The van der Waals surface area contributed by atoms with E-state index < -0.39 is 17.6 Å². The molecule has 1 heterocycles. The first kappa shape index (κ1) is 13.1. The van der Waals surface area contributed by atoms with E-state index in [0.29, 0.717) is 0 Å². The van der Waals surface area contributed by atoms with Crippen LogP contribution < -0.4 is 10.4 Å². The minimum absolute atomic E-state index is 0.0189. The molecule has 104 valence electrons. The topological polar surface area (TPSA) is 49.4 Å². The fourth-order valence-corrected chi connectivity index (χ4v) is 2.07. The van der Waals surface area contributed by atoms with Crippen molar-refractivity contribution in [2.45, 2.75) is 0 Å². The lowest BCUT2D eigenvalue weighted by atomic mass is 10.1. The van der Waals surface area contributed by atoms with Gasteiger partial charge >= 0.3 is 0 Å². The molecule has 21 heavy (non-hydrogen) atoms. The van der Waals surface area contributed by atoms with Crippen molar-refractivity contribution in [3.8, 4) is 0 Å². The second kappa shape index (κ2) is 5.20. The lowest BCUT2D eigenvalue weighted by Gasteiger charge is -2.14. The van der Waals surface area contributed by atoms with Crippen LogP contribution in [-0.2, 0) is 9.59 Å². The molecule has 3 rings (SSSR count). The van der Waals surface area contributed by atoms with E-state index >= 15 is 0 Å². The number of carbonyl (C=O) groups is 2. The van der Waals surface area contributed by atoms with Gasteiger partial charge < -0.3 is 0 Å². The number of halogens is 1. The van der Waals surface area contributed by atoms with Crippen LogP contribution in [0.4, 0.5) is 10.1 Å². The van der Waals surface area contributed by atoms with Gasteiger partial charge in [-0.1, -0.05) is 36.4 Å². The maximum absolute atomic E-state index is 13.2. The van der Waals surface area contributed by atoms with Gasteiger partial charge in [0, 0.05) is 0 Å². The van der Waals surface area contributed by atoms with Gasteiger partial charge in [0.05, 0.1) is 5.69 Å². The Bertz CT molecular complexity index is 741. The van der Waals surface area contributed by atoms with Crippen molar-refractivity contribution in [2.24, 2.45) is 0 Å². The summed E-state index contributed by atoms with van der Waals surface area (Å²) in [6.45, 7) is 0. The van der Waals surface area contributed by atoms with E-state index in [1.165, 1.54) is 24.3 Å². The highest BCUT2D eigenvalue weighted by Gasteiger charge is 2.34. The third-order valence-electron chi connectivity index (χ3n) is 3.07. The SMILES string of the molecule is O=C1NN(c2cccc(F)c2)C(=O)/C1=C\c1ccccc1. The summed E-state index contributed by atoms with van der Waals surface area (Å²) in [5, 5.41) is 1.04. The normalized spacial score (nSPS) is 16.4. The van der Waals surface area contributed by atoms with Gasteiger partial charge in [-0.25, -0.2) is 9.40 Å². The molecule has 4 nitrogen and oxygen atoms in total. The highest BCUT2D eigenvalue weighted by Crippen LogP contribution is 2.21. The summed E-state index contributed by atoms with van der Waals surface area (Å²) in [5.41, 5.74) is 3.48. The molecular weight excluding hydrogens is 271 g/mol. The quantitative estimate of drug-likeness (QED) is 0.678. The van der Waals surface area contributed by atoms with Gasteiger partial charge in [0.2, 0.25) is 0 Å². The number of hydrogen-bond donors (Lipinski definition) is 1. The molecule has 1 N–H and O–H groups in total. The number of amides is 2. The Balaban J connectivity index is 1.94. The Hall–Kier alpha value is -2.95. The van der Waals surface area contributed by atoms with Crippen LogP contribution in [-0.4, -0.2) is 11.8 Å². The lowest BCUT2D eigenvalue weighted by Crippen LogP contribution is -2.35. The summed E-state index contributed by atoms with van der Waals surface area (Å²) >= 11 is 0. The van der Waals surface area contributed by atoms with Crippen molar-refractivity contribution in [1.29, 1.82) is 0 Å². The average molecular weight is 282 g/mol. The van der Waals surface area contributed by atoms with Crippen LogP contribution in [0.15, 0.2) is 60.2 Å². The molecule has 0 atom stereocenters. The van der Waals surface area contributed by atoms with Crippen LogP contribution in [0.25, 0.3) is 6.08 Å². The monoisotopic (exact) mass is 282 g/mol. The molecule has 0 unspecified atom stereocenters. The molecule has 2 amide bonds. The summed E-state index contributed by atoms with van der Waals surface area (Å²) in [4.78, 5) is 24.2. The number of nitrogens with one attached hydrogen (secondary N) is 1. The van der Waals surface area contributed by atoms with Gasteiger partial charge in [0.15, 0.2) is 0 Å². The zero-order valence-corrected chi connectivity index (χ0v) is 10.9. The summed E-state index contributed by atoms with van der Waals surface area (Å²) in [5.74, 6) is -1.49. The van der Waals surface area contributed by atoms with E-state index in [2.05, 4.69) is 5.43 Å².